The second kappa shape index (κ2) is 5.67. The van der Waals surface area contributed by atoms with Gasteiger partial charge in [0.15, 0.2) is 0 Å². The fourth-order valence-corrected chi connectivity index (χ4v) is 2.32. The molecule has 7 heteroatoms. The third-order valence-corrected chi connectivity index (χ3v) is 3.40. The summed E-state index contributed by atoms with van der Waals surface area (Å²) in [7, 11) is 0. The van der Waals surface area contributed by atoms with E-state index < -0.39 is 0 Å². The van der Waals surface area contributed by atoms with Crippen molar-refractivity contribution in [2.75, 3.05) is 37.6 Å². The van der Waals surface area contributed by atoms with Gasteiger partial charge in [-0.25, -0.2) is 0 Å². The molecule has 0 aliphatic carbocycles. The Bertz CT molecular complexity index is 593. The van der Waals surface area contributed by atoms with Crippen LogP contribution in [0.25, 0.3) is 5.69 Å². The molecule has 0 atom stereocenters. The van der Waals surface area contributed by atoms with Gasteiger partial charge < -0.3 is 4.90 Å². The number of anilines is 1. The average Bonchev–Trinajstić information content (AvgIpc) is 2.99. The van der Waals surface area contributed by atoms with Crippen molar-refractivity contribution >= 4 is 5.95 Å². The summed E-state index contributed by atoms with van der Waals surface area (Å²) in [4.78, 5) is 4.29. The zero-order valence-electron chi connectivity index (χ0n) is 11.1. The van der Waals surface area contributed by atoms with Crippen LogP contribution >= 0.6 is 0 Å². The maximum Gasteiger partial charge on any atom is 0.250 e. The first kappa shape index (κ1) is 12.6. The molecule has 1 saturated heterocycles. The van der Waals surface area contributed by atoms with Gasteiger partial charge in [-0.3, -0.25) is 4.90 Å². The highest BCUT2D eigenvalue weighted by molar-refractivity contribution is 5.40. The molecule has 20 heavy (non-hydrogen) atoms. The minimum atomic E-state index is 0.484. The highest BCUT2D eigenvalue weighted by atomic mass is 15.6. The predicted octanol–water partition coefficient (Wildman–Crippen LogP) is 0.308. The van der Waals surface area contributed by atoms with Gasteiger partial charge in [0.05, 0.1) is 18.3 Å². The Morgan fingerprint density at radius 3 is 2.55 bits per heavy atom. The number of para-hydroxylation sites is 1. The van der Waals surface area contributed by atoms with Crippen molar-refractivity contribution in [3.8, 4) is 11.8 Å². The Kier molecular flexibility index (Phi) is 3.56. The molecule has 1 aromatic carbocycles. The molecule has 1 aliphatic heterocycles. The minimum Gasteiger partial charge on any atom is -0.337 e. The van der Waals surface area contributed by atoms with Gasteiger partial charge in [-0.15, -0.1) is 0 Å². The Morgan fingerprint density at radius 1 is 1.10 bits per heavy atom. The number of hydrogen-bond donors (Lipinski definition) is 0. The fraction of sp³-hybridized carbons (Fsp3) is 0.385. The van der Waals surface area contributed by atoms with E-state index in [4.69, 9.17) is 5.26 Å². The lowest BCUT2D eigenvalue weighted by atomic mass is 10.3. The van der Waals surface area contributed by atoms with Gasteiger partial charge in [0.1, 0.15) is 0 Å². The van der Waals surface area contributed by atoms with Crippen molar-refractivity contribution in [3.05, 3.63) is 30.3 Å². The molecular weight excluding hydrogens is 254 g/mol. The molecule has 0 amide bonds. The first-order valence-electron chi connectivity index (χ1n) is 6.56. The van der Waals surface area contributed by atoms with Crippen LogP contribution in [-0.2, 0) is 0 Å². The van der Waals surface area contributed by atoms with E-state index in [1.807, 2.05) is 30.3 Å². The number of tetrazole rings is 1. The molecule has 0 saturated carbocycles. The number of aromatic nitrogens is 4. The molecule has 0 bridgehead atoms. The summed E-state index contributed by atoms with van der Waals surface area (Å²) < 4.78 is 1.75. The van der Waals surface area contributed by atoms with E-state index in [1.54, 1.807) is 4.68 Å². The highest BCUT2D eigenvalue weighted by Gasteiger charge is 2.21. The normalized spacial score (nSPS) is 16.1. The summed E-state index contributed by atoms with van der Waals surface area (Å²) in [5, 5.41) is 20.7. The lowest BCUT2D eigenvalue weighted by Gasteiger charge is -2.33. The summed E-state index contributed by atoms with van der Waals surface area (Å²) in [5.74, 6) is 0.757. The topological polar surface area (TPSA) is 73.9 Å². The van der Waals surface area contributed by atoms with Crippen LogP contribution in [0, 0.1) is 11.3 Å². The lowest BCUT2D eigenvalue weighted by molar-refractivity contribution is 0.285. The van der Waals surface area contributed by atoms with E-state index in [1.165, 1.54) is 0 Å². The molecular formula is C13H15N7. The molecule has 7 nitrogen and oxygen atoms in total. The van der Waals surface area contributed by atoms with Gasteiger partial charge in [-0.05, 0) is 22.6 Å². The summed E-state index contributed by atoms with van der Waals surface area (Å²) in [6.07, 6.45) is 0. The Morgan fingerprint density at radius 2 is 1.85 bits per heavy atom. The van der Waals surface area contributed by atoms with Crippen molar-refractivity contribution < 1.29 is 0 Å². The molecule has 1 aliphatic rings. The molecule has 1 aromatic heterocycles. The molecule has 2 aromatic rings. The molecule has 2 heterocycles. The highest BCUT2D eigenvalue weighted by Crippen LogP contribution is 2.16. The van der Waals surface area contributed by atoms with Gasteiger partial charge in [-0.2, -0.15) is 9.94 Å². The zero-order chi connectivity index (χ0) is 13.8. The van der Waals surface area contributed by atoms with Crippen LogP contribution in [0.15, 0.2) is 30.3 Å². The van der Waals surface area contributed by atoms with Crippen LogP contribution in [0.3, 0.4) is 0 Å². The molecule has 1 fully saturated rings. The third kappa shape index (κ3) is 2.46. The SMILES string of the molecule is N#CCN1CCN(c2nnnn2-c2ccccc2)CC1. The summed E-state index contributed by atoms with van der Waals surface area (Å²) in [6, 6.07) is 12.0. The Labute approximate surface area is 117 Å². The average molecular weight is 269 g/mol. The van der Waals surface area contributed by atoms with E-state index >= 15 is 0 Å². The van der Waals surface area contributed by atoms with Crippen LogP contribution in [0.2, 0.25) is 0 Å². The molecule has 0 N–H and O–H groups in total. The zero-order valence-corrected chi connectivity index (χ0v) is 11.1. The number of piperazine rings is 1. The maximum absolute atomic E-state index is 8.72. The van der Waals surface area contributed by atoms with Crippen LogP contribution in [0.1, 0.15) is 0 Å². The van der Waals surface area contributed by atoms with Crippen molar-refractivity contribution in [2.45, 2.75) is 0 Å². The number of benzene rings is 1. The number of nitrogens with zero attached hydrogens (tertiary/aromatic N) is 7. The lowest BCUT2D eigenvalue weighted by Crippen LogP contribution is -2.47. The second-order valence-electron chi connectivity index (χ2n) is 4.65. The van der Waals surface area contributed by atoms with Gasteiger partial charge in [-0.1, -0.05) is 23.3 Å². The molecule has 0 radical (unpaired) electrons. The van der Waals surface area contributed by atoms with Crippen molar-refractivity contribution in [2.24, 2.45) is 0 Å². The maximum atomic E-state index is 8.72. The largest absolute Gasteiger partial charge is 0.337 e. The number of nitriles is 1. The van der Waals surface area contributed by atoms with Gasteiger partial charge >= 0.3 is 0 Å². The van der Waals surface area contributed by atoms with E-state index in [-0.39, 0.29) is 0 Å². The quantitative estimate of drug-likeness (QED) is 0.747. The van der Waals surface area contributed by atoms with Gasteiger partial charge in [0.25, 0.3) is 0 Å². The van der Waals surface area contributed by atoms with Crippen LogP contribution in [0.4, 0.5) is 5.95 Å². The Hall–Kier alpha value is -2.46. The standard InChI is InChI=1S/C13H15N7/c14-6-7-18-8-10-19(11-9-18)13-15-16-17-20(13)12-4-2-1-3-5-12/h1-5H,7-11H2. The van der Waals surface area contributed by atoms with E-state index in [0.717, 1.165) is 37.8 Å². The van der Waals surface area contributed by atoms with Gasteiger partial charge in [0, 0.05) is 26.2 Å². The third-order valence-electron chi connectivity index (χ3n) is 3.40. The van der Waals surface area contributed by atoms with E-state index in [9.17, 15) is 0 Å². The van der Waals surface area contributed by atoms with E-state index in [0.29, 0.717) is 6.54 Å². The number of hydrogen-bond acceptors (Lipinski definition) is 6. The van der Waals surface area contributed by atoms with Crippen molar-refractivity contribution in [1.82, 2.24) is 25.1 Å². The second-order valence-corrected chi connectivity index (χ2v) is 4.65. The van der Waals surface area contributed by atoms with E-state index in [2.05, 4.69) is 31.4 Å². The minimum absolute atomic E-state index is 0.484. The molecule has 3 rings (SSSR count). The smallest absolute Gasteiger partial charge is 0.250 e. The number of rotatable bonds is 3. The van der Waals surface area contributed by atoms with Gasteiger partial charge in [0.2, 0.25) is 5.95 Å². The van der Waals surface area contributed by atoms with Crippen molar-refractivity contribution in [3.63, 3.8) is 0 Å². The van der Waals surface area contributed by atoms with Crippen LogP contribution in [-0.4, -0.2) is 57.8 Å². The molecule has 0 unspecified atom stereocenters. The van der Waals surface area contributed by atoms with Crippen molar-refractivity contribution in [1.29, 1.82) is 5.26 Å². The predicted molar refractivity (Wildman–Crippen MR) is 73.4 cm³/mol. The Balaban J connectivity index is 1.77. The summed E-state index contributed by atoms with van der Waals surface area (Å²) in [5.41, 5.74) is 0.951. The van der Waals surface area contributed by atoms with Crippen LogP contribution < -0.4 is 4.90 Å². The fourth-order valence-electron chi connectivity index (χ4n) is 2.32. The first-order chi connectivity index (χ1) is 9.88. The molecule has 102 valence electrons. The summed E-state index contributed by atoms with van der Waals surface area (Å²) in [6.45, 7) is 3.85. The summed E-state index contributed by atoms with van der Waals surface area (Å²) >= 11 is 0. The molecule has 0 spiro atoms. The first-order valence-corrected chi connectivity index (χ1v) is 6.56. The van der Waals surface area contributed by atoms with Crippen LogP contribution in [0.5, 0.6) is 0 Å². The monoisotopic (exact) mass is 269 g/mol.